The van der Waals surface area contributed by atoms with Crippen LogP contribution in [0.2, 0.25) is 0 Å². The van der Waals surface area contributed by atoms with Gasteiger partial charge in [0.2, 0.25) is 0 Å². The van der Waals surface area contributed by atoms with E-state index in [0.29, 0.717) is 11.2 Å². The van der Waals surface area contributed by atoms with Crippen LogP contribution in [0, 0.1) is 5.41 Å². The van der Waals surface area contributed by atoms with Crippen LogP contribution in [0.5, 0.6) is 0 Å². The third-order valence-corrected chi connectivity index (χ3v) is 4.70. The first-order chi connectivity index (χ1) is 8.62. The van der Waals surface area contributed by atoms with Crippen LogP contribution >= 0.6 is 11.8 Å². The lowest BCUT2D eigenvalue weighted by atomic mass is 9.82. The van der Waals surface area contributed by atoms with Crippen LogP contribution in [0.3, 0.4) is 0 Å². The molecule has 2 heterocycles. The summed E-state index contributed by atoms with van der Waals surface area (Å²) < 4.78 is 0. The Morgan fingerprint density at radius 2 is 2.11 bits per heavy atom. The van der Waals surface area contributed by atoms with Gasteiger partial charge in [0.25, 0.3) is 0 Å². The van der Waals surface area contributed by atoms with Gasteiger partial charge in [-0.25, -0.2) is 9.97 Å². The molecular formula is C13H22N4S. The third-order valence-electron chi connectivity index (χ3n) is 4.16. The topological polar surface area (TPSA) is 55.0 Å². The zero-order chi connectivity index (χ0) is 13.2. The lowest BCUT2D eigenvalue weighted by Gasteiger charge is -2.26. The predicted molar refractivity (Wildman–Crippen MR) is 78.1 cm³/mol. The summed E-state index contributed by atoms with van der Waals surface area (Å²) >= 11 is 1.54. The molecule has 2 rings (SSSR count). The molecule has 5 heteroatoms. The average Bonchev–Trinajstić information content (AvgIpc) is 2.83. The fourth-order valence-corrected chi connectivity index (χ4v) is 3.02. The average molecular weight is 266 g/mol. The minimum absolute atomic E-state index is 0.458. The highest BCUT2D eigenvalue weighted by Crippen LogP contribution is 2.38. The van der Waals surface area contributed by atoms with Crippen LogP contribution in [0.1, 0.15) is 33.1 Å². The van der Waals surface area contributed by atoms with Gasteiger partial charge in [-0.05, 0) is 30.9 Å². The number of aromatic nitrogens is 2. The zero-order valence-electron chi connectivity index (χ0n) is 11.4. The first kappa shape index (κ1) is 13.5. The fourth-order valence-electron chi connectivity index (χ4n) is 2.64. The second-order valence-corrected chi connectivity index (χ2v) is 5.79. The van der Waals surface area contributed by atoms with E-state index in [1.807, 2.05) is 12.3 Å². The van der Waals surface area contributed by atoms with Gasteiger partial charge in [0.05, 0.1) is 0 Å². The minimum atomic E-state index is 0.458. The number of anilines is 2. The molecule has 0 unspecified atom stereocenters. The summed E-state index contributed by atoms with van der Waals surface area (Å²) in [5.41, 5.74) is 6.30. The van der Waals surface area contributed by atoms with Gasteiger partial charge in [0.15, 0.2) is 5.16 Å². The number of nitrogen functional groups attached to an aromatic ring is 1. The van der Waals surface area contributed by atoms with Crippen molar-refractivity contribution in [2.24, 2.45) is 5.41 Å². The van der Waals surface area contributed by atoms with Gasteiger partial charge in [0.1, 0.15) is 11.6 Å². The molecule has 1 saturated heterocycles. The molecule has 1 aromatic heterocycles. The van der Waals surface area contributed by atoms with Gasteiger partial charge < -0.3 is 10.6 Å². The van der Waals surface area contributed by atoms with Crippen molar-refractivity contribution < 1.29 is 0 Å². The van der Waals surface area contributed by atoms with Gasteiger partial charge in [-0.2, -0.15) is 0 Å². The molecule has 0 atom stereocenters. The highest BCUT2D eigenvalue weighted by Gasteiger charge is 2.35. The molecule has 0 aromatic carbocycles. The summed E-state index contributed by atoms with van der Waals surface area (Å²) in [6.45, 7) is 6.74. The molecule has 0 bridgehead atoms. The molecule has 0 aliphatic carbocycles. The van der Waals surface area contributed by atoms with Crippen molar-refractivity contribution >= 4 is 23.4 Å². The Labute approximate surface area is 113 Å². The summed E-state index contributed by atoms with van der Waals surface area (Å²) in [5, 5.41) is 0.760. The maximum Gasteiger partial charge on any atom is 0.191 e. The molecule has 1 fully saturated rings. The molecule has 0 amide bonds. The van der Waals surface area contributed by atoms with Crippen LogP contribution in [-0.4, -0.2) is 29.3 Å². The van der Waals surface area contributed by atoms with Crippen LogP contribution < -0.4 is 10.6 Å². The van der Waals surface area contributed by atoms with Crippen molar-refractivity contribution in [1.29, 1.82) is 0 Å². The Morgan fingerprint density at radius 1 is 1.39 bits per heavy atom. The molecule has 1 aromatic rings. The first-order valence-corrected chi connectivity index (χ1v) is 7.78. The normalized spacial score (nSPS) is 18.3. The highest BCUT2D eigenvalue weighted by atomic mass is 32.2. The maximum absolute atomic E-state index is 5.84. The molecule has 1 aliphatic heterocycles. The van der Waals surface area contributed by atoms with E-state index in [4.69, 9.17) is 5.73 Å². The second-order valence-electron chi connectivity index (χ2n) is 5.02. The van der Waals surface area contributed by atoms with Gasteiger partial charge in [-0.15, -0.1) is 0 Å². The standard InChI is InChI=1S/C13H22N4S/c1-4-13(5-2)6-7-17(9-13)11-8-10(14)15-12(16-11)18-3/h8H,4-7,9H2,1-3H3,(H2,14,15,16). The number of thioether (sulfide) groups is 1. The Bertz CT molecular complexity index is 417. The first-order valence-electron chi connectivity index (χ1n) is 6.56. The fraction of sp³-hybridized carbons (Fsp3) is 0.692. The van der Waals surface area contributed by atoms with E-state index in [0.717, 1.165) is 24.1 Å². The summed E-state index contributed by atoms with van der Waals surface area (Å²) in [4.78, 5) is 11.1. The largest absolute Gasteiger partial charge is 0.383 e. The molecular weight excluding hydrogens is 244 g/mol. The highest BCUT2D eigenvalue weighted by molar-refractivity contribution is 7.98. The molecule has 0 saturated carbocycles. The smallest absolute Gasteiger partial charge is 0.191 e. The van der Waals surface area contributed by atoms with E-state index in [-0.39, 0.29) is 0 Å². The van der Waals surface area contributed by atoms with Crippen molar-refractivity contribution in [3.05, 3.63) is 6.07 Å². The summed E-state index contributed by atoms with van der Waals surface area (Å²) in [6, 6.07) is 1.89. The number of nitrogens with two attached hydrogens (primary N) is 1. The molecule has 1 aliphatic rings. The van der Waals surface area contributed by atoms with E-state index in [1.165, 1.54) is 31.0 Å². The van der Waals surface area contributed by atoms with Gasteiger partial charge in [0, 0.05) is 19.2 Å². The Balaban J connectivity index is 2.21. The monoisotopic (exact) mass is 266 g/mol. The van der Waals surface area contributed by atoms with E-state index in [9.17, 15) is 0 Å². The van der Waals surface area contributed by atoms with Crippen molar-refractivity contribution in [1.82, 2.24) is 9.97 Å². The van der Waals surface area contributed by atoms with Gasteiger partial charge >= 0.3 is 0 Å². The molecule has 18 heavy (non-hydrogen) atoms. The number of rotatable bonds is 4. The summed E-state index contributed by atoms with van der Waals surface area (Å²) in [7, 11) is 0. The quantitative estimate of drug-likeness (QED) is 0.671. The molecule has 4 nitrogen and oxygen atoms in total. The van der Waals surface area contributed by atoms with Crippen molar-refractivity contribution in [3.63, 3.8) is 0 Å². The van der Waals surface area contributed by atoms with Crippen LogP contribution in [-0.2, 0) is 0 Å². The van der Waals surface area contributed by atoms with E-state index in [2.05, 4.69) is 28.7 Å². The van der Waals surface area contributed by atoms with E-state index < -0.39 is 0 Å². The molecule has 100 valence electrons. The molecule has 2 N–H and O–H groups in total. The van der Waals surface area contributed by atoms with Crippen molar-refractivity contribution in [3.8, 4) is 0 Å². The van der Waals surface area contributed by atoms with Crippen molar-refractivity contribution in [2.75, 3.05) is 30.0 Å². The van der Waals surface area contributed by atoms with E-state index in [1.54, 1.807) is 0 Å². The Kier molecular flexibility index (Phi) is 4.00. The third kappa shape index (κ3) is 2.55. The predicted octanol–water partition coefficient (Wildman–Crippen LogP) is 2.80. The van der Waals surface area contributed by atoms with Crippen LogP contribution in [0.25, 0.3) is 0 Å². The Hall–Kier alpha value is -0.970. The Morgan fingerprint density at radius 3 is 2.67 bits per heavy atom. The molecule has 0 radical (unpaired) electrons. The number of nitrogens with zero attached hydrogens (tertiary/aromatic N) is 3. The zero-order valence-corrected chi connectivity index (χ0v) is 12.3. The van der Waals surface area contributed by atoms with Crippen LogP contribution in [0.4, 0.5) is 11.6 Å². The lowest BCUT2D eigenvalue weighted by molar-refractivity contribution is 0.301. The van der Waals surface area contributed by atoms with Crippen LogP contribution in [0.15, 0.2) is 11.2 Å². The van der Waals surface area contributed by atoms with Gasteiger partial charge in [-0.3, -0.25) is 0 Å². The summed E-state index contributed by atoms with van der Waals surface area (Å²) in [6.07, 6.45) is 5.69. The second kappa shape index (κ2) is 5.34. The van der Waals surface area contributed by atoms with E-state index >= 15 is 0 Å². The number of hydrogen-bond acceptors (Lipinski definition) is 5. The minimum Gasteiger partial charge on any atom is -0.383 e. The molecule has 0 spiro atoms. The van der Waals surface area contributed by atoms with Gasteiger partial charge in [-0.1, -0.05) is 25.6 Å². The SMILES string of the molecule is CCC1(CC)CCN(c2cc(N)nc(SC)n2)C1. The lowest BCUT2D eigenvalue weighted by Crippen LogP contribution is -2.27. The number of hydrogen-bond donors (Lipinski definition) is 1. The summed E-state index contributed by atoms with van der Waals surface area (Å²) in [5.74, 6) is 1.55. The van der Waals surface area contributed by atoms with Crippen molar-refractivity contribution in [2.45, 2.75) is 38.3 Å². The maximum atomic E-state index is 5.84.